The molecule has 0 fully saturated rings. The maximum Gasteiger partial charge on any atom is 0.258 e. The van der Waals surface area contributed by atoms with Gasteiger partial charge in [0.15, 0.2) is 18.1 Å². The molecule has 0 aromatic heterocycles. The Bertz CT molecular complexity index is 464. The quantitative estimate of drug-likeness (QED) is 0.856. The monoisotopic (exact) mass is 248 g/mol. The van der Waals surface area contributed by atoms with Gasteiger partial charge in [-0.05, 0) is 26.0 Å². The van der Waals surface area contributed by atoms with E-state index in [1.165, 1.54) is 7.11 Å². The van der Waals surface area contributed by atoms with Crippen LogP contribution < -0.4 is 14.8 Å². The van der Waals surface area contributed by atoms with Crippen LogP contribution in [0.3, 0.4) is 0 Å². The van der Waals surface area contributed by atoms with Crippen molar-refractivity contribution in [1.82, 2.24) is 5.32 Å². The molecule has 96 valence electrons. The van der Waals surface area contributed by atoms with E-state index in [1.807, 2.05) is 19.9 Å². The Kier molecular flexibility index (Phi) is 5.00. The molecule has 0 saturated carbocycles. The minimum absolute atomic E-state index is 0.0731. The Balaban J connectivity index is 2.68. The summed E-state index contributed by atoms with van der Waals surface area (Å²) in [7, 11) is 1.48. The van der Waals surface area contributed by atoms with Gasteiger partial charge in [0.1, 0.15) is 0 Å². The van der Waals surface area contributed by atoms with Gasteiger partial charge in [0, 0.05) is 12.1 Å². The van der Waals surface area contributed by atoms with Crippen LogP contribution in [0.1, 0.15) is 19.4 Å². The molecule has 1 aromatic rings. The molecule has 5 nitrogen and oxygen atoms in total. The van der Waals surface area contributed by atoms with E-state index in [0.717, 1.165) is 0 Å². The highest BCUT2D eigenvalue weighted by molar-refractivity contribution is 5.77. The topological polar surface area (TPSA) is 71.3 Å². The molecule has 1 aromatic carbocycles. The molecule has 1 rings (SSSR count). The Labute approximate surface area is 106 Å². The fourth-order valence-electron chi connectivity index (χ4n) is 1.36. The summed E-state index contributed by atoms with van der Waals surface area (Å²) in [5.74, 6) is 0.679. The lowest BCUT2D eigenvalue weighted by atomic mass is 10.2. The first-order valence-electron chi connectivity index (χ1n) is 5.57. The van der Waals surface area contributed by atoms with E-state index in [9.17, 15) is 4.79 Å². The van der Waals surface area contributed by atoms with Gasteiger partial charge in [-0.25, -0.2) is 0 Å². The number of carbonyl (C=O) groups is 1. The maximum absolute atomic E-state index is 11.4. The Hall–Kier alpha value is -2.22. The molecule has 5 heteroatoms. The number of nitrogens with one attached hydrogen (secondary N) is 1. The highest BCUT2D eigenvalue weighted by atomic mass is 16.5. The van der Waals surface area contributed by atoms with Gasteiger partial charge in [0.25, 0.3) is 5.91 Å². The van der Waals surface area contributed by atoms with E-state index in [0.29, 0.717) is 17.1 Å². The van der Waals surface area contributed by atoms with Crippen LogP contribution in [0.5, 0.6) is 11.5 Å². The van der Waals surface area contributed by atoms with Crippen LogP contribution in [0.4, 0.5) is 0 Å². The number of nitrogens with zero attached hydrogens (tertiary/aromatic N) is 1. The summed E-state index contributed by atoms with van der Waals surface area (Å²) >= 11 is 0. The summed E-state index contributed by atoms with van der Waals surface area (Å²) in [6.45, 7) is 3.67. The number of benzene rings is 1. The van der Waals surface area contributed by atoms with Crippen molar-refractivity contribution in [2.24, 2.45) is 0 Å². The minimum Gasteiger partial charge on any atom is -0.493 e. The van der Waals surface area contributed by atoms with Gasteiger partial charge in [0.05, 0.1) is 18.7 Å². The van der Waals surface area contributed by atoms with Gasteiger partial charge in [-0.3, -0.25) is 4.79 Å². The fraction of sp³-hybridized carbons (Fsp3) is 0.385. The lowest BCUT2D eigenvalue weighted by Crippen LogP contribution is -2.34. The van der Waals surface area contributed by atoms with Crippen LogP contribution in [0.25, 0.3) is 0 Å². The molecule has 0 unspecified atom stereocenters. The lowest BCUT2D eigenvalue weighted by Gasteiger charge is -2.12. The summed E-state index contributed by atoms with van der Waals surface area (Å²) < 4.78 is 10.4. The summed E-state index contributed by atoms with van der Waals surface area (Å²) in [4.78, 5) is 11.4. The zero-order valence-corrected chi connectivity index (χ0v) is 10.7. The Morgan fingerprint density at radius 1 is 1.44 bits per heavy atom. The van der Waals surface area contributed by atoms with Crippen molar-refractivity contribution in [1.29, 1.82) is 5.26 Å². The Morgan fingerprint density at radius 3 is 2.72 bits per heavy atom. The molecular weight excluding hydrogens is 232 g/mol. The van der Waals surface area contributed by atoms with Crippen molar-refractivity contribution >= 4 is 5.91 Å². The van der Waals surface area contributed by atoms with Gasteiger partial charge >= 0.3 is 0 Å². The maximum atomic E-state index is 11.4. The second kappa shape index (κ2) is 6.50. The number of hydrogen-bond acceptors (Lipinski definition) is 4. The smallest absolute Gasteiger partial charge is 0.258 e. The first-order chi connectivity index (χ1) is 8.56. The van der Waals surface area contributed by atoms with Gasteiger partial charge in [-0.15, -0.1) is 0 Å². The molecule has 1 amide bonds. The van der Waals surface area contributed by atoms with E-state index < -0.39 is 0 Å². The highest BCUT2D eigenvalue weighted by Gasteiger charge is 2.09. The van der Waals surface area contributed by atoms with Crippen molar-refractivity contribution < 1.29 is 14.3 Å². The number of hydrogen-bond donors (Lipinski definition) is 1. The number of amides is 1. The van der Waals surface area contributed by atoms with Crippen molar-refractivity contribution in [2.45, 2.75) is 19.9 Å². The lowest BCUT2D eigenvalue weighted by molar-refractivity contribution is -0.123. The molecule has 0 atom stereocenters. The SMILES string of the molecule is COc1cc(C#N)ccc1OCC(=O)NC(C)C. The molecule has 0 saturated heterocycles. The first kappa shape index (κ1) is 13.8. The van der Waals surface area contributed by atoms with E-state index in [-0.39, 0.29) is 18.6 Å². The predicted molar refractivity (Wildman–Crippen MR) is 66.5 cm³/mol. The molecule has 0 aliphatic rings. The fourth-order valence-corrected chi connectivity index (χ4v) is 1.36. The van der Waals surface area contributed by atoms with Gasteiger partial charge in [-0.2, -0.15) is 5.26 Å². The predicted octanol–water partition coefficient (Wildman–Crippen LogP) is 1.47. The minimum atomic E-state index is -0.198. The molecule has 1 N–H and O–H groups in total. The average molecular weight is 248 g/mol. The van der Waals surface area contributed by atoms with Crippen molar-refractivity contribution in [2.75, 3.05) is 13.7 Å². The van der Waals surface area contributed by atoms with Crippen LogP contribution in [-0.2, 0) is 4.79 Å². The van der Waals surface area contributed by atoms with Crippen molar-refractivity contribution in [3.05, 3.63) is 23.8 Å². The zero-order chi connectivity index (χ0) is 13.5. The highest BCUT2D eigenvalue weighted by Crippen LogP contribution is 2.27. The number of methoxy groups -OCH3 is 1. The number of ether oxygens (including phenoxy) is 2. The van der Waals surface area contributed by atoms with Crippen LogP contribution >= 0.6 is 0 Å². The van der Waals surface area contributed by atoms with E-state index in [2.05, 4.69) is 5.32 Å². The zero-order valence-electron chi connectivity index (χ0n) is 10.7. The normalized spacial score (nSPS) is 9.72. The molecule has 18 heavy (non-hydrogen) atoms. The third-order valence-electron chi connectivity index (χ3n) is 2.10. The average Bonchev–Trinajstić information content (AvgIpc) is 2.35. The van der Waals surface area contributed by atoms with Gasteiger partial charge < -0.3 is 14.8 Å². The van der Waals surface area contributed by atoms with Crippen molar-refractivity contribution in [3.63, 3.8) is 0 Å². The molecule has 0 aliphatic heterocycles. The van der Waals surface area contributed by atoms with Crippen LogP contribution in [-0.4, -0.2) is 25.7 Å². The van der Waals surface area contributed by atoms with Crippen LogP contribution in [0.2, 0.25) is 0 Å². The molecule has 0 bridgehead atoms. The van der Waals surface area contributed by atoms with Crippen LogP contribution in [0, 0.1) is 11.3 Å². The number of nitriles is 1. The second-order valence-electron chi connectivity index (χ2n) is 3.99. The molecule has 0 spiro atoms. The summed E-state index contributed by atoms with van der Waals surface area (Å²) in [5.41, 5.74) is 0.478. The van der Waals surface area contributed by atoms with Gasteiger partial charge in [-0.1, -0.05) is 0 Å². The van der Waals surface area contributed by atoms with Gasteiger partial charge in [0.2, 0.25) is 0 Å². The van der Waals surface area contributed by atoms with Crippen molar-refractivity contribution in [3.8, 4) is 17.6 Å². The Morgan fingerprint density at radius 2 is 2.17 bits per heavy atom. The third kappa shape index (κ3) is 3.98. The second-order valence-corrected chi connectivity index (χ2v) is 3.99. The summed E-state index contributed by atoms with van der Waals surface area (Å²) in [6, 6.07) is 6.86. The van der Waals surface area contributed by atoms with E-state index in [4.69, 9.17) is 14.7 Å². The van der Waals surface area contributed by atoms with E-state index >= 15 is 0 Å². The number of rotatable bonds is 5. The largest absolute Gasteiger partial charge is 0.493 e. The van der Waals surface area contributed by atoms with E-state index in [1.54, 1.807) is 18.2 Å². The van der Waals surface area contributed by atoms with Crippen LogP contribution in [0.15, 0.2) is 18.2 Å². The molecule has 0 radical (unpaired) electrons. The molecular formula is C13H16N2O3. The number of carbonyl (C=O) groups excluding carboxylic acids is 1. The first-order valence-corrected chi connectivity index (χ1v) is 5.57. The standard InChI is InChI=1S/C13H16N2O3/c1-9(2)15-13(16)8-18-11-5-4-10(7-14)6-12(11)17-3/h4-6,9H,8H2,1-3H3,(H,15,16). The summed E-state index contributed by atoms with van der Waals surface area (Å²) in [6.07, 6.45) is 0. The summed E-state index contributed by atoms with van der Waals surface area (Å²) in [5, 5.41) is 11.5. The third-order valence-corrected chi connectivity index (χ3v) is 2.10. The molecule has 0 heterocycles. The molecule has 0 aliphatic carbocycles.